The molecule has 0 radical (unpaired) electrons. The zero-order valence-corrected chi connectivity index (χ0v) is 19.5. The largest absolute Gasteiger partial charge is 0.485 e. The molecular formula is C24H23N5O4S. The van der Waals surface area contributed by atoms with E-state index in [2.05, 4.69) is 20.6 Å². The predicted molar refractivity (Wildman–Crippen MR) is 127 cm³/mol. The molecule has 34 heavy (non-hydrogen) atoms. The van der Waals surface area contributed by atoms with Gasteiger partial charge in [-0.05, 0) is 38.1 Å². The Balaban J connectivity index is 1.14. The van der Waals surface area contributed by atoms with Gasteiger partial charge in [-0.3, -0.25) is 4.79 Å². The van der Waals surface area contributed by atoms with E-state index in [1.165, 1.54) is 11.8 Å². The number of amides is 1. The van der Waals surface area contributed by atoms with Crippen molar-refractivity contribution in [3.8, 4) is 17.2 Å². The summed E-state index contributed by atoms with van der Waals surface area (Å²) in [6, 6.07) is 17.3. The normalized spacial score (nSPS) is 14.7. The molecule has 4 aromatic rings. The van der Waals surface area contributed by atoms with Crippen LogP contribution in [0.5, 0.6) is 11.5 Å². The molecule has 0 saturated carbocycles. The highest BCUT2D eigenvalue weighted by Gasteiger charge is 2.27. The maximum Gasteiger partial charge on any atom is 0.276 e. The number of hydrogen-bond donors (Lipinski definition) is 1. The number of para-hydroxylation sites is 3. The van der Waals surface area contributed by atoms with Gasteiger partial charge < -0.3 is 19.2 Å². The molecule has 0 saturated heterocycles. The second-order valence-corrected chi connectivity index (χ2v) is 8.76. The fraction of sp³-hybridized carbons (Fsp3) is 0.250. The Bertz CT molecular complexity index is 1300. The zero-order valence-electron chi connectivity index (χ0n) is 18.7. The number of hydrogen-bond acceptors (Lipinski definition) is 8. The van der Waals surface area contributed by atoms with E-state index in [-0.39, 0.29) is 12.3 Å². The molecule has 1 aliphatic rings. The van der Waals surface area contributed by atoms with Gasteiger partial charge in [0.1, 0.15) is 6.61 Å². The van der Waals surface area contributed by atoms with Crippen LogP contribution in [0.25, 0.3) is 5.69 Å². The van der Waals surface area contributed by atoms with Crippen molar-refractivity contribution in [2.45, 2.75) is 31.6 Å². The molecule has 10 heteroatoms. The molecule has 9 nitrogen and oxygen atoms in total. The Kier molecular flexibility index (Phi) is 6.22. The highest BCUT2D eigenvalue weighted by Crippen LogP contribution is 2.36. The number of nitrogens with one attached hydrogen (secondary N) is 1. The molecule has 0 fully saturated rings. The number of carbonyl (C=O) groups is 1. The van der Waals surface area contributed by atoms with Gasteiger partial charge in [-0.25, -0.2) is 4.68 Å². The van der Waals surface area contributed by atoms with Gasteiger partial charge in [0.2, 0.25) is 12.0 Å². The maximum absolute atomic E-state index is 12.6. The third-order valence-corrected chi connectivity index (χ3v) is 6.14. The van der Waals surface area contributed by atoms with Crippen LogP contribution in [-0.2, 0) is 4.79 Å². The molecule has 1 N–H and O–H groups in total. The zero-order chi connectivity index (χ0) is 23.5. The van der Waals surface area contributed by atoms with E-state index < -0.39 is 6.10 Å². The molecule has 174 valence electrons. The quantitative estimate of drug-likeness (QED) is 0.388. The molecular weight excluding hydrogens is 454 g/mol. The Morgan fingerprint density at radius 3 is 2.68 bits per heavy atom. The van der Waals surface area contributed by atoms with Gasteiger partial charge in [-0.15, -0.1) is 10.2 Å². The lowest BCUT2D eigenvalue weighted by Crippen LogP contribution is -2.21. The van der Waals surface area contributed by atoms with Gasteiger partial charge in [0.15, 0.2) is 11.5 Å². The van der Waals surface area contributed by atoms with Gasteiger partial charge in [0.05, 0.1) is 22.8 Å². The Morgan fingerprint density at radius 2 is 1.85 bits per heavy atom. The molecule has 3 heterocycles. The first-order valence-corrected chi connectivity index (χ1v) is 11.8. The van der Waals surface area contributed by atoms with E-state index in [9.17, 15) is 4.79 Å². The van der Waals surface area contributed by atoms with Crippen molar-refractivity contribution in [2.75, 3.05) is 17.7 Å². The summed E-state index contributed by atoms with van der Waals surface area (Å²) in [6.07, 6.45) is -0.180. The van der Waals surface area contributed by atoms with Gasteiger partial charge >= 0.3 is 0 Å². The number of anilines is 1. The smallest absolute Gasteiger partial charge is 0.276 e. The molecule has 0 spiro atoms. The first-order valence-electron chi connectivity index (χ1n) is 10.8. The summed E-state index contributed by atoms with van der Waals surface area (Å²) in [4.78, 5) is 12.6. The van der Waals surface area contributed by atoms with Crippen LogP contribution < -0.4 is 14.8 Å². The topological polar surface area (TPSA) is 104 Å². The summed E-state index contributed by atoms with van der Waals surface area (Å²) in [5, 5.41) is 16.1. The highest BCUT2D eigenvalue weighted by molar-refractivity contribution is 7.99. The van der Waals surface area contributed by atoms with Crippen LogP contribution in [0, 0.1) is 13.8 Å². The van der Waals surface area contributed by atoms with E-state index in [1.54, 1.807) is 0 Å². The number of benzene rings is 2. The van der Waals surface area contributed by atoms with Crippen molar-refractivity contribution in [1.82, 2.24) is 20.0 Å². The number of fused-ring (bicyclic) bond motifs is 1. The van der Waals surface area contributed by atoms with Gasteiger partial charge in [-0.1, -0.05) is 42.1 Å². The Morgan fingerprint density at radius 1 is 1.09 bits per heavy atom. The van der Waals surface area contributed by atoms with Gasteiger partial charge in [-0.2, -0.15) is 5.10 Å². The minimum absolute atomic E-state index is 0.105. The number of rotatable bonds is 7. The third kappa shape index (κ3) is 4.62. The maximum atomic E-state index is 12.6. The molecule has 1 atom stereocenters. The summed E-state index contributed by atoms with van der Waals surface area (Å²) < 4.78 is 19.1. The lowest BCUT2D eigenvalue weighted by molar-refractivity contribution is -0.115. The number of aryl methyl sites for hydroxylation is 1. The molecule has 1 amide bonds. The molecule has 1 aliphatic heterocycles. The van der Waals surface area contributed by atoms with E-state index in [0.29, 0.717) is 35.0 Å². The first kappa shape index (κ1) is 22.0. The van der Waals surface area contributed by atoms with Gasteiger partial charge in [0.25, 0.3) is 11.1 Å². The Hall–Kier alpha value is -3.79. The van der Waals surface area contributed by atoms with Crippen LogP contribution in [0.4, 0.5) is 5.69 Å². The molecule has 2 aromatic carbocycles. The van der Waals surface area contributed by atoms with Crippen LogP contribution >= 0.6 is 11.8 Å². The summed E-state index contributed by atoms with van der Waals surface area (Å²) in [5.41, 5.74) is 3.32. The van der Waals surface area contributed by atoms with Crippen molar-refractivity contribution in [2.24, 2.45) is 0 Å². The van der Waals surface area contributed by atoms with Crippen LogP contribution in [0.15, 0.2) is 64.2 Å². The molecule has 5 rings (SSSR count). The van der Waals surface area contributed by atoms with Crippen LogP contribution in [0.1, 0.15) is 29.8 Å². The molecule has 2 aromatic heterocycles. The van der Waals surface area contributed by atoms with E-state index in [4.69, 9.17) is 13.9 Å². The number of aromatic nitrogens is 4. The van der Waals surface area contributed by atoms with Crippen molar-refractivity contribution < 1.29 is 18.7 Å². The number of carbonyl (C=O) groups excluding carboxylic acids is 1. The van der Waals surface area contributed by atoms with Crippen LogP contribution in [0.3, 0.4) is 0 Å². The summed E-state index contributed by atoms with van der Waals surface area (Å²) >= 11 is 1.32. The number of ether oxygens (including phenoxy) is 2. The minimum Gasteiger partial charge on any atom is -0.485 e. The van der Waals surface area contributed by atoms with Crippen molar-refractivity contribution in [3.05, 3.63) is 71.9 Å². The number of thioether (sulfide) groups is 1. The SMILES string of the molecule is Cc1nn(-c2ccccc2)c(C)c1NC(=O)CCSc1nnc(C2COc3ccccc3O2)o1. The van der Waals surface area contributed by atoms with E-state index in [0.717, 1.165) is 22.8 Å². The second kappa shape index (κ2) is 9.60. The standard InChI is InChI=1S/C24H23N5O4S/c1-15-22(16(2)29(28-15)17-8-4-3-5-9-17)25-21(30)12-13-34-24-27-26-23(33-24)20-14-31-18-10-6-7-11-19(18)32-20/h3-11,20H,12-14H2,1-2H3,(H,25,30). The monoisotopic (exact) mass is 477 g/mol. The van der Waals surface area contributed by atoms with Gasteiger partial charge in [0, 0.05) is 12.2 Å². The van der Waals surface area contributed by atoms with E-state index in [1.807, 2.05) is 73.1 Å². The number of nitrogens with zero attached hydrogens (tertiary/aromatic N) is 4. The molecule has 0 aliphatic carbocycles. The molecule has 1 unspecified atom stereocenters. The summed E-state index contributed by atoms with van der Waals surface area (Å²) in [7, 11) is 0. The predicted octanol–water partition coefficient (Wildman–Crippen LogP) is 4.51. The average molecular weight is 478 g/mol. The third-order valence-electron chi connectivity index (χ3n) is 5.32. The average Bonchev–Trinajstić information content (AvgIpc) is 3.44. The van der Waals surface area contributed by atoms with Crippen LogP contribution in [0.2, 0.25) is 0 Å². The van der Waals surface area contributed by atoms with Crippen molar-refractivity contribution in [3.63, 3.8) is 0 Å². The van der Waals surface area contributed by atoms with Crippen molar-refractivity contribution >= 4 is 23.4 Å². The second-order valence-electron chi connectivity index (χ2n) is 7.71. The fourth-order valence-corrected chi connectivity index (χ4v) is 4.33. The Labute approximate surface area is 200 Å². The molecule has 0 bridgehead atoms. The highest BCUT2D eigenvalue weighted by atomic mass is 32.2. The first-order chi connectivity index (χ1) is 16.6. The lowest BCUT2D eigenvalue weighted by Gasteiger charge is -2.23. The van der Waals surface area contributed by atoms with Crippen molar-refractivity contribution in [1.29, 1.82) is 0 Å². The summed E-state index contributed by atoms with van der Waals surface area (Å²) in [5.74, 6) is 2.07. The minimum atomic E-state index is -0.466. The van der Waals surface area contributed by atoms with E-state index >= 15 is 0 Å². The fourth-order valence-electron chi connectivity index (χ4n) is 3.63. The van der Waals surface area contributed by atoms with Crippen LogP contribution in [-0.4, -0.2) is 38.2 Å². The lowest BCUT2D eigenvalue weighted by atomic mass is 10.2. The summed E-state index contributed by atoms with van der Waals surface area (Å²) in [6.45, 7) is 4.11.